The van der Waals surface area contributed by atoms with Crippen LogP contribution in [0, 0.1) is 0 Å². The second kappa shape index (κ2) is 7.01. The number of aliphatic imine (C=N–C) groups is 1. The van der Waals surface area contributed by atoms with Crippen molar-refractivity contribution in [3.63, 3.8) is 0 Å². The van der Waals surface area contributed by atoms with Gasteiger partial charge < -0.3 is 0 Å². The topological polar surface area (TPSA) is 27.6 Å². The van der Waals surface area contributed by atoms with E-state index in [9.17, 15) is 0 Å². The van der Waals surface area contributed by atoms with Gasteiger partial charge in [0.2, 0.25) is 0 Å². The van der Waals surface area contributed by atoms with Crippen molar-refractivity contribution in [2.45, 2.75) is 44.9 Å². The lowest BCUT2D eigenvalue weighted by Gasteiger charge is -2.34. The fourth-order valence-electron chi connectivity index (χ4n) is 3.10. The van der Waals surface area contributed by atoms with Gasteiger partial charge in [0.15, 0.2) is 0 Å². The third kappa shape index (κ3) is 4.26. The zero-order chi connectivity index (χ0) is 14.5. The van der Waals surface area contributed by atoms with Crippen molar-refractivity contribution >= 4 is 6.21 Å². The zero-order valence-corrected chi connectivity index (χ0v) is 12.8. The molecule has 0 saturated carbocycles. The smallest absolute Gasteiger partial charge is 0.103 e. The van der Waals surface area contributed by atoms with Crippen LogP contribution in [0.3, 0.4) is 0 Å². The Hall–Kier alpha value is -1.45. The third-order valence-corrected chi connectivity index (χ3v) is 4.39. The first-order valence-corrected chi connectivity index (χ1v) is 8.02. The van der Waals surface area contributed by atoms with Crippen LogP contribution < -0.4 is 5.32 Å². The van der Waals surface area contributed by atoms with Gasteiger partial charge in [0, 0.05) is 25.2 Å². The van der Waals surface area contributed by atoms with E-state index < -0.39 is 0 Å². The van der Waals surface area contributed by atoms with Crippen LogP contribution in [0.2, 0.25) is 0 Å². The molecule has 0 aliphatic carbocycles. The van der Waals surface area contributed by atoms with E-state index in [2.05, 4.69) is 58.5 Å². The summed E-state index contributed by atoms with van der Waals surface area (Å²) in [4.78, 5) is 7.13. The number of rotatable bonds is 4. The second-order valence-corrected chi connectivity index (χ2v) is 6.18. The number of hydrogen-bond donors (Lipinski definition) is 1. The van der Waals surface area contributed by atoms with Crippen molar-refractivity contribution < 1.29 is 0 Å². The zero-order valence-electron chi connectivity index (χ0n) is 12.8. The Bertz CT molecular complexity index is 498. The van der Waals surface area contributed by atoms with Gasteiger partial charge in [-0.15, -0.1) is 0 Å². The molecule has 0 amide bonds. The predicted molar refractivity (Wildman–Crippen MR) is 88.5 cm³/mol. The van der Waals surface area contributed by atoms with Gasteiger partial charge in [-0.1, -0.05) is 36.4 Å². The molecule has 112 valence electrons. The molecule has 1 N–H and O–H groups in total. The first-order valence-electron chi connectivity index (χ1n) is 8.02. The molecule has 1 fully saturated rings. The lowest BCUT2D eigenvalue weighted by Crippen LogP contribution is -2.45. The molecule has 3 rings (SSSR count). The van der Waals surface area contributed by atoms with E-state index in [1.807, 2.05) is 6.21 Å². The van der Waals surface area contributed by atoms with E-state index in [0.717, 1.165) is 13.0 Å². The highest BCUT2D eigenvalue weighted by Crippen LogP contribution is 2.16. The maximum Gasteiger partial charge on any atom is 0.103 e. The summed E-state index contributed by atoms with van der Waals surface area (Å²) in [5, 5.41) is 3.69. The highest BCUT2D eigenvalue weighted by Gasteiger charge is 2.21. The molecule has 2 heterocycles. The van der Waals surface area contributed by atoms with Gasteiger partial charge in [-0.2, -0.15) is 0 Å². The number of nitrogens with one attached hydrogen (secondary N) is 1. The Morgan fingerprint density at radius 2 is 1.95 bits per heavy atom. The molecule has 2 aliphatic rings. The number of hydrogen-bond acceptors (Lipinski definition) is 3. The number of nitrogens with zero attached hydrogens (tertiary/aromatic N) is 2. The average molecular weight is 283 g/mol. The van der Waals surface area contributed by atoms with Crippen molar-refractivity contribution in [3.8, 4) is 0 Å². The van der Waals surface area contributed by atoms with E-state index in [1.165, 1.54) is 37.1 Å². The molecule has 21 heavy (non-hydrogen) atoms. The lowest BCUT2D eigenvalue weighted by molar-refractivity contribution is 0.184. The van der Waals surface area contributed by atoms with Gasteiger partial charge >= 0.3 is 0 Å². The molecular formula is C18H25N3. The van der Waals surface area contributed by atoms with Crippen LogP contribution in [0.4, 0.5) is 0 Å². The summed E-state index contributed by atoms with van der Waals surface area (Å²) < 4.78 is 0. The van der Waals surface area contributed by atoms with Crippen LogP contribution in [0.5, 0.6) is 0 Å². The van der Waals surface area contributed by atoms with Gasteiger partial charge in [-0.05, 0) is 44.0 Å². The normalized spacial score (nSPS) is 24.0. The van der Waals surface area contributed by atoms with Crippen molar-refractivity contribution in [1.82, 2.24) is 10.2 Å². The molecule has 3 nitrogen and oxygen atoms in total. The third-order valence-electron chi connectivity index (χ3n) is 4.39. The number of likely N-dealkylation sites (tertiary alicyclic amines) is 1. The molecule has 0 aromatic heterocycles. The van der Waals surface area contributed by atoms with E-state index in [0.29, 0.717) is 12.2 Å². The Kier molecular flexibility index (Phi) is 4.84. The Morgan fingerprint density at radius 1 is 1.19 bits per heavy atom. The first-order chi connectivity index (χ1) is 10.3. The summed E-state index contributed by atoms with van der Waals surface area (Å²) in [5.41, 5.74) is 2.70. The van der Waals surface area contributed by atoms with E-state index in [1.54, 1.807) is 0 Å². The summed E-state index contributed by atoms with van der Waals surface area (Å²) in [5.74, 6) is 0. The predicted octanol–water partition coefficient (Wildman–Crippen LogP) is 2.99. The molecular weight excluding hydrogens is 258 g/mol. The van der Waals surface area contributed by atoms with Gasteiger partial charge in [0.1, 0.15) is 6.17 Å². The lowest BCUT2D eigenvalue weighted by atomic mass is 10.0. The Balaban J connectivity index is 1.42. The molecule has 0 bridgehead atoms. The average Bonchev–Trinajstić information content (AvgIpc) is 2.53. The standard InChI is InChI=1S/C18H25N3/c1-15-7-8-18(19-13-15)20-17-9-11-21(12-10-17)14-16-5-3-2-4-6-16/h2-7,13,17-18,20H,8-12,14H2,1H3. The number of piperidine rings is 1. The van der Waals surface area contributed by atoms with Crippen LogP contribution in [-0.4, -0.2) is 36.4 Å². The van der Waals surface area contributed by atoms with Crippen LogP contribution in [0.25, 0.3) is 0 Å². The summed E-state index contributed by atoms with van der Waals surface area (Å²) in [6.07, 6.45) is 8.04. The largest absolute Gasteiger partial charge is 0.299 e. The molecule has 0 spiro atoms. The maximum atomic E-state index is 4.57. The molecule has 1 atom stereocenters. The van der Waals surface area contributed by atoms with E-state index in [4.69, 9.17) is 0 Å². The van der Waals surface area contributed by atoms with Gasteiger partial charge in [-0.3, -0.25) is 15.2 Å². The Morgan fingerprint density at radius 3 is 2.62 bits per heavy atom. The summed E-state index contributed by atoms with van der Waals surface area (Å²) in [7, 11) is 0. The number of dihydropyridines is 1. The van der Waals surface area contributed by atoms with Crippen molar-refractivity contribution in [3.05, 3.63) is 47.5 Å². The van der Waals surface area contributed by atoms with Crippen molar-refractivity contribution in [2.75, 3.05) is 13.1 Å². The van der Waals surface area contributed by atoms with Crippen LogP contribution in [-0.2, 0) is 6.54 Å². The molecule has 1 unspecified atom stereocenters. The Labute approximate surface area is 127 Å². The van der Waals surface area contributed by atoms with Gasteiger partial charge in [0.25, 0.3) is 0 Å². The molecule has 1 aromatic rings. The minimum atomic E-state index is 0.291. The minimum absolute atomic E-state index is 0.291. The van der Waals surface area contributed by atoms with E-state index in [-0.39, 0.29) is 0 Å². The number of benzene rings is 1. The summed E-state index contributed by atoms with van der Waals surface area (Å²) in [6.45, 7) is 5.55. The summed E-state index contributed by atoms with van der Waals surface area (Å²) in [6, 6.07) is 11.4. The summed E-state index contributed by atoms with van der Waals surface area (Å²) >= 11 is 0. The van der Waals surface area contributed by atoms with Crippen molar-refractivity contribution in [2.24, 2.45) is 4.99 Å². The van der Waals surface area contributed by atoms with Crippen LogP contribution >= 0.6 is 0 Å². The maximum absolute atomic E-state index is 4.57. The highest BCUT2D eigenvalue weighted by atomic mass is 15.2. The van der Waals surface area contributed by atoms with Crippen LogP contribution in [0.1, 0.15) is 31.7 Å². The number of allylic oxidation sites excluding steroid dienone is 1. The second-order valence-electron chi connectivity index (χ2n) is 6.18. The van der Waals surface area contributed by atoms with Crippen LogP contribution in [0.15, 0.2) is 47.0 Å². The minimum Gasteiger partial charge on any atom is -0.299 e. The molecule has 1 aromatic carbocycles. The molecule has 1 saturated heterocycles. The SMILES string of the molecule is CC1=CCC(NC2CCN(Cc3ccccc3)CC2)N=C1. The van der Waals surface area contributed by atoms with Crippen molar-refractivity contribution in [1.29, 1.82) is 0 Å². The highest BCUT2D eigenvalue weighted by molar-refractivity contribution is 5.78. The van der Waals surface area contributed by atoms with E-state index >= 15 is 0 Å². The van der Waals surface area contributed by atoms with Gasteiger partial charge in [-0.25, -0.2) is 0 Å². The fraction of sp³-hybridized carbons (Fsp3) is 0.500. The van der Waals surface area contributed by atoms with Gasteiger partial charge in [0.05, 0.1) is 0 Å². The molecule has 0 radical (unpaired) electrons. The molecule has 3 heteroatoms. The monoisotopic (exact) mass is 283 g/mol. The quantitative estimate of drug-likeness (QED) is 0.920. The molecule has 2 aliphatic heterocycles. The first kappa shape index (κ1) is 14.5. The fourth-order valence-corrected chi connectivity index (χ4v) is 3.10.